The zero-order valence-electron chi connectivity index (χ0n) is 10.8. The molecule has 0 atom stereocenters. The Hall–Kier alpha value is -1.39. The van der Waals surface area contributed by atoms with Crippen LogP contribution in [-0.4, -0.2) is 28.0 Å². The number of halogens is 2. The van der Waals surface area contributed by atoms with Gasteiger partial charge >= 0.3 is 0 Å². The van der Waals surface area contributed by atoms with Crippen molar-refractivity contribution in [2.45, 2.75) is 13.8 Å². The summed E-state index contributed by atoms with van der Waals surface area (Å²) in [6, 6.07) is 7.98. The van der Waals surface area contributed by atoms with E-state index in [1.54, 1.807) is 0 Å². The van der Waals surface area contributed by atoms with Crippen molar-refractivity contribution >= 4 is 28.9 Å². The summed E-state index contributed by atoms with van der Waals surface area (Å²) >= 11 is 11.5. The monoisotopic (exact) mass is 296 g/mol. The lowest BCUT2D eigenvalue weighted by Crippen LogP contribution is -2.21. The number of anilines is 1. The molecular weight excluding hydrogens is 283 g/mol. The fraction of sp³-hybridized carbons (Fsp3) is 0.308. The Morgan fingerprint density at radius 2 is 1.42 bits per heavy atom. The first-order valence-corrected chi connectivity index (χ1v) is 6.82. The van der Waals surface area contributed by atoms with E-state index >= 15 is 0 Å². The third kappa shape index (κ3) is 3.33. The summed E-state index contributed by atoms with van der Waals surface area (Å²) in [6.45, 7) is 6.20. The summed E-state index contributed by atoms with van der Waals surface area (Å²) < 4.78 is 0. The molecular formula is C13H14Cl2N4. The first kappa shape index (κ1) is 14.0. The molecule has 0 saturated carbocycles. The van der Waals surface area contributed by atoms with Gasteiger partial charge in [-0.2, -0.15) is 15.0 Å². The Balaban J connectivity index is 2.32. The molecule has 0 aliphatic carbocycles. The van der Waals surface area contributed by atoms with E-state index in [9.17, 15) is 0 Å². The molecule has 0 amide bonds. The molecule has 0 unspecified atom stereocenters. The van der Waals surface area contributed by atoms with Crippen LogP contribution in [0.5, 0.6) is 0 Å². The van der Waals surface area contributed by atoms with Gasteiger partial charge in [0.2, 0.25) is 10.6 Å². The highest BCUT2D eigenvalue weighted by molar-refractivity contribution is 6.31. The Bertz CT molecular complexity index is 533. The predicted molar refractivity (Wildman–Crippen MR) is 78.8 cm³/mol. The average molecular weight is 297 g/mol. The van der Waals surface area contributed by atoms with E-state index in [2.05, 4.69) is 33.7 Å². The maximum absolute atomic E-state index is 5.77. The van der Waals surface area contributed by atoms with Gasteiger partial charge < -0.3 is 4.90 Å². The second kappa shape index (κ2) is 6.17. The number of nitrogens with zero attached hydrogens (tertiary/aromatic N) is 4. The first-order chi connectivity index (χ1) is 9.13. The zero-order valence-corrected chi connectivity index (χ0v) is 12.3. The molecule has 1 heterocycles. The second-order valence-corrected chi connectivity index (χ2v) is 4.59. The van der Waals surface area contributed by atoms with Crippen molar-refractivity contribution in [1.82, 2.24) is 15.0 Å². The van der Waals surface area contributed by atoms with Crippen LogP contribution in [0, 0.1) is 0 Å². The van der Waals surface area contributed by atoms with E-state index in [4.69, 9.17) is 23.2 Å². The number of benzene rings is 1. The van der Waals surface area contributed by atoms with Gasteiger partial charge in [-0.3, -0.25) is 0 Å². The molecule has 0 N–H and O–H groups in total. The maximum atomic E-state index is 5.77. The van der Waals surface area contributed by atoms with Gasteiger partial charge in [-0.05, 0) is 61.3 Å². The summed E-state index contributed by atoms with van der Waals surface area (Å²) in [6.07, 6.45) is 0. The molecule has 2 aromatic rings. The fourth-order valence-electron chi connectivity index (χ4n) is 1.87. The molecule has 2 rings (SSSR count). The Morgan fingerprint density at radius 3 is 1.89 bits per heavy atom. The highest BCUT2D eigenvalue weighted by Crippen LogP contribution is 2.22. The molecule has 19 heavy (non-hydrogen) atoms. The molecule has 1 aromatic carbocycles. The normalized spacial score (nSPS) is 10.5. The van der Waals surface area contributed by atoms with Crippen molar-refractivity contribution in [3.05, 3.63) is 34.8 Å². The molecule has 0 spiro atoms. The first-order valence-electron chi connectivity index (χ1n) is 6.06. The van der Waals surface area contributed by atoms with Crippen LogP contribution < -0.4 is 4.90 Å². The molecule has 4 nitrogen and oxygen atoms in total. The average Bonchev–Trinajstić information content (AvgIpc) is 2.40. The lowest BCUT2D eigenvalue weighted by atomic mass is 10.2. The fourth-order valence-corrected chi connectivity index (χ4v) is 2.23. The predicted octanol–water partition coefficient (Wildman–Crippen LogP) is 3.69. The third-order valence-corrected chi connectivity index (χ3v) is 3.17. The van der Waals surface area contributed by atoms with Gasteiger partial charge in [0, 0.05) is 24.3 Å². The number of rotatable bonds is 4. The van der Waals surface area contributed by atoms with Gasteiger partial charge in [0.1, 0.15) is 0 Å². The van der Waals surface area contributed by atoms with Crippen molar-refractivity contribution in [3.63, 3.8) is 0 Å². The molecule has 1 aromatic heterocycles. The quantitative estimate of drug-likeness (QED) is 0.863. The smallest absolute Gasteiger partial charge is 0.227 e. The minimum absolute atomic E-state index is 0.0998. The molecule has 0 fully saturated rings. The third-order valence-electron chi connectivity index (χ3n) is 2.83. The number of hydrogen-bond acceptors (Lipinski definition) is 4. The van der Waals surface area contributed by atoms with Gasteiger partial charge in [0.05, 0.1) is 0 Å². The zero-order chi connectivity index (χ0) is 13.8. The lowest BCUT2D eigenvalue weighted by Gasteiger charge is -2.20. The van der Waals surface area contributed by atoms with E-state index < -0.39 is 0 Å². The largest absolute Gasteiger partial charge is 0.372 e. The maximum Gasteiger partial charge on any atom is 0.227 e. The second-order valence-electron chi connectivity index (χ2n) is 3.92. The van der Waals surface area contributed by atoms with Crippen LogP contribution in [0.4, 0.5) is 5.69 Å². The number of hydrogen-bond donors (Lipinski definition) is 0. The molecule has 100 valence electrons. The van der Waals surface area contributed by atoms with E-state index in [0.29, 0.717) is 5.82 Å². The highest BCUT2D eigenvalue weighted by Gasteiger charge is 2.07. The van der Waals surface area contributed by atoms with Gasteiger partial charge in [-0.25, -0.2) is 0 Å². The summed E-state index contributed by atoms with van der Waals surface area (Å²) in [5, 5.41) is 0.200. The van der Waals surface area contributed by atoms with Crippen molar-refractivity contribution < 1.29 is 0 Å². The summed E-state index contributed by atoms with van der Waals surface area (Å²) in [4.78, 5) is 14.1. The van der Waals surface area contributed by atoms with E-state index in [1.807, 2.05) is 24.3 Å². The summed E-state index contributed by atoms with van der Waals surface area (Å²) in [7, 11) is 0. The summed E-state index contributed by atoms with van der Waals surface area (Å²) in [5.74, 6) is 0.482. The minimum atomic E-state index is 0.0998. The van der Waals surface area contributed by atoms with Crippen molar-refractivity contribution in [3.8, 4) is 11.4 Å². The van der Waals surface area contributed by atoms with Crippen molar-refractivity contribution in [1.29, 1.82) is 0 Å². The van der Waals surface area contributed by atoms with Gasteiger partial charge in [0.15, 0.2) is 5.82 Å². The van der Waals surface area contributed by atoms with Crippen LogP contribution >= 0.6 is 23.2 Å². The van der Waals surface area contributed by atoms with E-state index in [0.717, 1.165) is 18.7 Å². The lowest BCUT2D eigenvalue weighted by molar-refractivity contribution is 0.866. The van der Waals surface area contributed by atoms with Crippen molar-refractivity contribution in [2.24, 2.45) is 0 Å². The molecule has 0 radical (unpaired) electrons. The topological polar surface area (TPSA) is 41.9 Å². The van der Waals surface area contributed by atoms with Gasteiger partial charge in [-0.15, -0.1) is 0 Å². The Labute approximate surface area is 122 Å². The SMILES string of the molecule is CCN(CC)c1ccc(-c2nc(Cl)nc(Cl)n2)cc1. The van der Waals surface area contributed by atoms with E-state index in [-0.39, 0.29) is 10.6 Å². The van der Waals surface area contributed by atoms with Crippen LogP contribution in [0.15, 0.2) is 24.3 Å². The number of aromatic nitrogens is 3. The van der Waals surface area contributed by atoms with Gasteiger partial charge in [-0.1, -0.05) is 0 Å². The van der Waals surface area contributed by atoms with Crippen LogP contribution in [0.2, 0.25) is 10.6 Å². The molecule has 0 aliphatic rings. The van der Waals surface area contributed by atoms with Crippen molar-refractivity contribution in [2.75, 3.05) is 18.0 Å². The summed E-state index contributed by atoms with van der Waals surface area (Å²) in [5.41, 5.74) is 2.03. The standard InChI is InChI=1S/C13H14Cl2N4/c1-3-19(4-2)10-7-5-9(6-8-10)11-16-12(14)18-13(15)17-11/h5-8H,3-4H2,1-2H3. The van der Waals surface area contributed by atoms with Crippen LogP contribution in [-0.2, 0) is 0 Å². The molecule has 0 bridgehead atoms. The minimum Gasteiger partial charge on any atom is -0.372 e. The molecule has 0 saturated heterocycles. The van der Waals surface area contributed by atoms with E-state index in [1.165, 1.54) is 5.69 Å². The molecule has 6 heteroatoms. The van der Waals surface area contributed by atoms with Crippen LogP contribution in [0.25, 0.3) is 11.4 Å². The van der Waals surface area contributed by atoms with Crippen LogP contribution in [0.1, 0.15) is 13.8 Å². The van der Waals surface area contributed by atoms with Gasteiger partial charge in [0.25, 0.3) is 0 Å². The Morgan fingerprint density at radius 1 is 0.895 bits per heavy atom. The highest BCUT2D eigenvalue weighted by atomic mass is 35.5. The molecule has 0 aliphatic heterocycles. The van der Waals surface area contributed by atoms with Crippen LogP contribution in [0.3, 0.4) is 0 Å². The Kier molecular flexibility index (Phi) is 4.56.